The van der Waals surface area contributed by atoms with Crippen LogP contribution in [0.25, 0.3) is 0 Å². The molecule has 0 aliphatic rings. The average Bonchev–Trinajstić information content (AvgIpc) is 2.14. The number of nitrogens with one attached hydrogen (secondary N) is 1. The molecule has 0 aromatic carbocycles. The molecule has 66 valence electrons. The zero-order chi connectivity index (χ0) is 8.65. The van der Waals surface area contributed by atoms with Crippen LogP contribution in [-0.2, 0) is 6.54 Å². The summed E-state index contributed by atoms with van der Waals surface area (Å²) in [4.78, 5) is 7.85. The Hall–Kier alpha value is -0.610. The van der Waals surface area contributed by atoms with Crippen LogP contribution in [-0.4, -0.2) is 28.5 Å². The molecular weight excluding hydrogens is 170 g/mol. The summed E-state index contributed by atoms with van der Waals surface area (Å²) in [6, 6.07) is 0. The normalized spacial score (nSPS) is 10.1. The molecule has 0 amide bonds. The van der Waals surface area contributed by atoms with E-state index < -0.39 is 0 Å². The molecule has 0 atom stereocenters. The lowest BCUT2D eigenvalue weighted by molar-refractivity contribution is 0.726. The highest BCUT2D eigenvalue weighted by Gasteiger charge is 1.90. The second-order valence-corrected chi connectivity index (χ2v) is 3.40. The van der Waals surface area contributed by atoms with Crippen LogP contribution in [0.2, 0.25) is 0 Å². The molecule has 1 heterocycles. The van der Waals surface area contributed by atoms with Crippen LogP contribution >= 0.6 is 11.8 Å². The smallest absolute Gasteiger partial charge is 0.115 e. The highest BCUT2D eigenvalue weighted by molar-refractivity contribution is 7.98. The maximum absolute atomic E-state index is 3.93. The lowest BCUT2D eigenvalue weighted by atomic mass is 10.3. The quantitative estimate of drug-likeness (QED) is 0.689. The molecule has 0 spiro atoms. The van der Waals surface area contributed by atoms with Crippen molar-refractivity contribution in [3.8, 4) is 0 Å². The summed E-state index contributed by atoms with van der Waals surface area (Å²) >= 11 is 1.84. The number of rotatable bonds is 5. The molecule has 0 saturated carbocycles. The van der Waals surface area contributed by atoms with Gasteiger partial charge in [0.25, 0.3) is 0 Å². The van der Waals surface area contributed by atoms with Crippen molar-refractivity contribution >= 4 is 11.8 Å². The van der Waals surface area contributed by atoms with Crippen LogP contribution in [0.4, 0.5) is 0 Å². The zero-order valence-corrected chi connectivity index (χ0v) is 7.97. The lowest BCUT2D eigenvalue weighted by Gasteiger charge is -2.01. The Kier molecular flexibility index (Phi) is 4.71. The molecule has 1 aromatic rings. The highest BCUT2D eigenvalue weighted by atomic mass is 32.2. The molecule has 0 bridgehead atoms. The van der Waals surface area contributed by atoms with Crippen LogP contribution in [0.3, 0.4) is 0 Å². The van der Waals surface area contributed by atoms with Gasteiger partial charge >= 0.3 is 0 Å². The fourth-order valence-corrected chi connectivity index (χ4v) is 1.18. The van der Waals surface area contributed by atoms with Crippen molar-refractivity contribution in [2.75, 3.05) is 18.6 Å². The minimum atomic E-state index is 0.862. The van der Waals surface area contributed by atoms with Gasteiger partial charge in [-0.15, -0.1) is 0 Å². The molecule has 0 fully saturated rings. The average molecular weight is 183 g/mol. The molecule has 1 N–H and O–H groups in total. The Bertz CT molecular complexity index is 203. The first-order valence-electron chi connectivity index (χ1n) is 3.87. The second kappa shape index (κ2) is 5.97. The standard InChI is InChI=1S/C8H13N3S/c1-12-3-2-9-4-8-5-10-7-11-6-8/h5-7,9H,2-4H2,1H3. The van der Waals surface area contributed by atoms with Gasteiger partial charge in [-0.2, -0.15) is 11.8 Å². The van der Waals surface area contributed by atoms with Crippen molar-refractivity contribution in [2.24, 2.45) is 0 Å². The summed E-state index contributed by atoms with van der Waals surface area (Å²) in [5.74, 6) is 1.15. The van der Waals surface area contributed by atoms with Gasteiger partial charge in [0.15, 0.2) is 0 Å². The first-order valence-corrected chi connectivity index (χ1v) is 5.26. The summed E-state index contributed by atoms with van der Waals surface area (Å²) in [5, 5.41) is 3.30. The molecule has 0 radical (unpaired) electrons. The molecule has 1 rings (SSSR count). The van der Waals surface area contributed by atoms with E-state index in [4.69, 9.17) is 0 Å². The largest absolute Gasteiger partial charge is 0.312 e. The first-order chi connectivity index (χ1) is 5.93. The highest BCUT2D eigenvalue weighted by Crippen LogP contribution is 1.92. The van der Waals surface area contributed by atoms with E-state index in [1.54, 1.807) is 6.33 Å². The van der Waals surface area contributed by atoms with Crippen molar-refractivity contribution in [3.63, 3.8) is 0 Å². The van der Waals surface area contributed by atoms with Crippen molar-refractivity contribution in [1.82, 2.24) is 15.3 Å². The Labute approximate surface area is 77.0 Å². The van der Waals surface area contributed by atoms with Gasteiger partial charge in [-0.25, -0.2) is 9.97 Å². The Morgan fingerprint density at radius 3 is 2.83 bits per heavy atom. The van der Waals surface area contributed by atoms with Gasteiger partial charge in [0.05, 0.1) is 0 Å². The monoisotopic (exact) mass is 183 g/mol. The van der Waals surface area contributed by atoms with Crippen LogP contribution in [0.1, 0.15) is 5.56 Å². The number of hydrogen-bond donors (Lipinski definition) is 1. The van der Waals surface area contributed by atoms with Crippen LogP contribution < -0.4 is 5.32 Å². The number of hydrogen-bond acceptors (Lipinski definition) is 4. The summed E-state index contributed by atoms with van der Waals surface area (Å²) in [7, 11) is 0. The first kappa shape index (κ1) is 9.48. The number of nitrogens with zero attached hydrogens (tertiary/aromatic N) is 2. The Morgan fingerprint density at radius 1 is 1.42 bits per heavy atom. The fourth-order valence-electron chi connectivity index (χ4n) is 0.828. The third-order valence-corrected chi connectivity index (χ3v) is 2.04. The molecule has 1 aromatic heterocycles. The molecule has 0 unspecified atom stereocenters. The van der Waals surface area contributed by atoms with Crippen molar-refractivity contribution < 1.29 is 0 Å². The predicted octanol–water partition coefficient (Wildman–Crippen LogP) is 0.929. The fraction of sp³-hybridized carbons (Fsp3) is 0.500. The van der Waals surface area contributed by atoms with Gasteiger partial charge in [0, 0.05) is 36.8 Å². The van der Waals surface area contributed by atoms with Gasteiger partial charge in [-0.1, -0.05) is 0 Å². The van der Waals surface area contributed by atoms with Crippen LogP contribution in [0.5, 0.6) is 0 Å². The lowest BCUT2D eigenvalue weighted by Crippen LogP contribution is -2.16. The van der Waals surface area contributed by atoms with E-state index in [0.29, 0.717) is 0 Å². The molecule has 0 aliphatic heterocycles. The summed E-state index contributed by atoms with van der Waals surface area (Å²) < 4.78 is 0. The van der Waals surface area contributed by atoms with Gasteiger partial charge in [0.1, 0.15) is 6.33 Å². The van der Waals surface area contributed by atoms with E-state index in [0.717, 1.165) is 24.4 Å². The number of aromatic nitrogens is 2. The van der Waals surface area contributed by atoms with E-state index in [9.17, 15) is 0 Å². The molecule has 4 heteroatoms. The third-order valence-electron chi connectivity index (χ3n) is 1.43. The number of thioether (sulfide) groups is 1. The maximum Gasteiger partial charge on any atom is 0.115 e. The van der Waals surface area contributed by atoms with Crippen LogP contribution in [0.15, 0.2) is 18.7 Å². The molecule has 12 heavy (non-hydrogen) atoms. The topological polar surface area (TPSA) is 37.8 Å². The molecule has 3 nitrogen and oxygen atoms in total. The predicted molar refractivity (Wildman–Crippen MR) is 52.1 cm³/mol. The summed E-state index contributed by atoms with van der Waals surface area (Å²) in [5.41, 5.74) is 1.14. The van der Waals surface area contributed by atoms with E-state index in [2.05, 4.69) is 21.5 Å². The van der Waals surface area contributed by atoms with Gasteiger partial charge in [-0.3, -0.25) is 0 Å². The van der Waals surface area contributed by atoms with Crippen molar-refractivity contribution in [1.29, 1.82) is 0 Å². The van der Waals surface area contributed by atoms with Gasteiger partial charge in [-0.05, 0) is 6.26 Å². The maximum atomic E-state index is 3.93. The zero-order valence-electron chi connectivity index (χ0n) is 7.16. The second-order valence-electron chi connectivity index (χ2n) is 2.42. The van der Waals surface area contributed by atoms with E-state index in [-0.39, 0.29) is 0 Å². The summed E-state index contributed by atoms with van der Waals surface area (Å²) in [6.07, 6.45) is 7.32. The SMILES string of the molecule is CSCCNCc1cncnc1. The van der Waals surface area contributed by atoms with Crippen molar-refractivity contribution in [3.05, 3.63) is 24.3 Å². The molecular formula is C8H13N3S. The molecule has 0 aliphatic carbocycles. The minimum Gasteiger partial charge on any atom is -0.312 e. The molecule has 0 saturated heterocycles. The van der Waals surface area contributed by atoms with E-state index >= 15 is 0 Å². The minimum absolute atomic E-state index is 0.862. The van der Waals surface area contributed by atoms with Gasteiger partial charge < -0.3 is 5.32 Å². The van der Waals surface area contributed by atoms with Crippen molar-refractivity contribution in [2.45, 2.75) is 6.54 Å². The Balaban J connectivity index is 2.16. The summed E-state index contributed by atoms with van der Waals surface area (Å²) in [6.45, 7) is 1.90. The van der Waals surface area contributed by atoms with E-state index in [1.165, 1.54) is 0 Å². The van der Waals surface area contributed by atoms with Crippen LogP contribution in [0, 0.1) is 0 Å². The Morgan fingerprint density at radius 2 is 2.17 bits per heavy atom. The third kappa shape index (κ3) is 3.69. The van der Waals surface area contributed by atoms with Gasteiger partial charge in [0.2, 0.25) is 0 Å². The van der Waals surface area contributed by atoms with E-state index in [1.807, 2.05) is 24.2 Å².